The van der Waals surface area contributed by atoms with E-state index in [1.54, 1.807) is 4.68 Å². The number of urea groups is 1. The van der Waals surface area contributed by atoms with Gasteiger partial charge in [0.2, 0.25) is 0 Å². The van der Waals surface area contributed by atoms with E-state index in [4.69, 9.17) is 5.10 Å². The molecule has 0 bridgehead atoms. The summed E-state index contributed by atoms with van der Waals surface area (Å²) < 4.78 is 1.78. The van der Waals surface area contributed by atoms with Gasteiger partial charge in [-0.2, -0.15) is 5.10 Å². The number of carbonyl (C=O) groups excluding carboxylic acids is 1. The Labute approximate surface area is 209 Å². The van der Waals surface area contributed by atoms with E-state index in [1.807, 2.05) is 67.6 Å². The third-order valence-corrected chi connectivity index (χ3v) is 5.96. The molecule has 4 rings (SSSR count). The van der Waals surface area contributed by atoms with Gasteiger partial charge in [-0.25, -0.2) is 9.48 Å². The normalized spacial score (nSPS) is 11.8. The standard InChI is InChI=1S/C28H29BrN4O/c1-19-11-14-21(15-12-19)33-26(18-25(32-33)28(2,3)4)31-27(34)30-24-16-13-20(8-7-17-29)22-9-5-6-10-23(22)24/h5-16,18H,17H2,1-4H3,(H2,30,31,34). The van der Waals surface area contributed by atoms with Gasteiger partial charge in [0.05, 0.1) is 17.1 Å². The number of carbonyl (C=O) groups is 1. The van der Waals surface area contributed by atoms with Gasteiger partial charge < -0.3 is 5.32 Å². The van der Waals surface area contributed by atoms with Crippen molar-refractivity contribution in [3.63, 3.8) is 0 Å². The molecule has 6 heteroatoms. The van der Waals surface area contributed by atoms with Crippen LogP contribution in [-0.2, 0) is 5.41 Å². The first-order valence-electron chi connectivity index (χ1n) is 11.3. The molecule has 1 aromatic heterocycles. The van der Waals surface area contributed by atoms with Crippen LogP contribution in [0.4, 0.5) is 16.3 Å². The van der Waals surface area contributed by atoms with Gasteiger partial charge in [-0.1, -0.05) is 96.9 Å². The van der Waals surface area contributed by atoms with Crippen molar-refractivity contribution in [2.75, 3.05) is 16.0 Å². The van der Waals surface area contributed by atoms with Crippen molar-refractivity contribution in [2.24, 2.45) is 0 Å². The number of allylic oxidation sites excluding steroid dienone is 1. The minimum Gasteiger partial charge on any atom is -0.307 e. The van der Waals surface area contributed by atoms with Crippen LogP contribution in [0.3, 0.4) is 0 Å². The number of amides is 2. The van der Waals surface area contributed by atoms with Crippen molar-refractivity contribution < 1.29 is 4.79 Å². The summed E-state index contributed by atoms with van der Waals surface area (Å²) in [4.78, 5) is 13.1. The molecule has 2 N–H and O–H groups in total. The van der Waals surface area contributed by atoms with Gasteiger partial charge in [0.1, 0.15) is 5.82 Å². The van der Waals surface area contributed by atoms with Crippen LogP contribution in [0, 0.1) is 6.92 Å². The van der Waals surface area contributed by atoms with Gasteiger partial charge in [-0.05, 0) is 36.1 Å². The maximum atomic E-state index is 13.1. The third-order valence-electron chi connectivity index (χ3n) is 5.59. The molecule has 0 radical (unpaired) electrons. The second-order valence-corrected chi connectivity index (χ2v) is 9.94. The molecule has 1 heterocycles. The summed E-state index contributed by atoms with van der Waals surface area (Å²) in [6.07, 6.45) is 4.13. The molecule has 5 nitrogen and oxygen atoms in total. The van der Waals surface area contributed by atoms with Crippen molar-refractivity contribution >= 4 is 50.3 Å². The first-order valence-corrected chi connectivity index (χ1v) is 12.4. The molecule has 34 heavy (non-hydrogen) atoms. The second kappa shape index (κ2) is 9.85. The lowest BCUT2D eigenvalue weighted by molar-refractivity contribution is 0.262. The van der Waals surface area contributed by atoms with Crippen LogP contribution >= 0.6 is 15.9 Å². The van der Waals surface area contributed by atoms with Crippen molar-refractivity contribution in [1.82, 2.24) is 9.78 Å². The molecule has 174 valence electrons. The molecular weight excluding hydrogens is 488 g/mol. The topological polar surface area (TPSA) is 59.0 Å². The molecular formula is C28H29BrN4O. The Hall–Kier alpha value is -3.38. The Balaban J connectivity index is 1.65. The van der Waals surface area contributed by atoms with Crippen LogP contribution in [0.5, 0.6) is 0 Å². The summed E-state index contributed by atoms with van der Waals surface area (Å²) in [5.74, 6) is 0.618. The summed E-state index contributed by atoms with van der Waals surface area (Å²) >= 11 is 3.43. The Morgan fingerprint density at radius 2 is 1.71 bits per heavy atom. The van der Waals surface area contributed by atoms with Crippen LogP contribution < -0.4 is 10.6 Å². The summed E-state index contributed by atoms with van der Waals surface area (Å²) in [6.45, 7) is 8.37. The van der Waals surface area contributed by atoms with Crippen LogP contribution in [0.2, 0.25) is 0 Å². The molecule has 0 spiro atoms. The highest BCUT2D eigenvalue weighted by molar-refractivity contribution is 9.09. The number of alkyl halides is 1. The zero-order valence-electron chi connectivity index (χ0n) is 19.9. The molecule has 0 atom stereocenters. The number of benzene rings is 3. The number of anilines is 2. The fourth-order valence-electron chi connectivity index (χ4n) is 3.74. The number of aromatic nitrogens is 2. The molecule has 4 aromatic rings. The van der Waals surface area contributed by atoms with E-state index in [9.17, 15) is 4.79 Å². The molecule has 2 amide bonds. The number of fused-ring (bicyclic) bond motifs is 1. The van der Waals surface area contributed by atoms with Crippen LogP contribution in [-0.4, -0.2) is 21.1 Å². The summed E-state index contributed by atoms with van der Waals surface area (Å²) in [5.41, 5.74) is 4.66. The third kappa shape index (κ3) is 5.23. The van der Waals surface area contributed by atoms with Gasteiger partial charge in [0, 0.05) is 22.2 Å². The van der Waals surface area contributed by atoms with Gasteiger partial charge in [-0.3, -0.25) is 5.32 Å². The van der Waals surface area contributed by atoms with E-state index in [1.165, 1.54) is 5.56 Å². The lowest BCUT2D eigenvalue weighted by Gasteiger charge is -2.14. The molecule has 3 aromatic carbocycles. The first-order chi connectivity index (χ1) is 16.3. The summed E-state index contributed by atoms with van der Waals surface area (Å²) in [6, 6.07) is 21.7. The van der Waals surface area contributed by atoms with Gasteiger partial charge >= 0.3 is 6.03 Å². The highest BCUT2D eigenvalue weighted by atomic mass is 79.9. The van der Waals surface area contributed by atoms with E-state index in [2.05, 4.69) is 65.6 Å². The number of nitrogens with one attached hydrogen (secondary N) is 2. The fourth-order valence-corrected chi connectivity index (χ4v) is 3.92. The fraction of sp³-hybridized carbons (Fsp3) is 0.214. The Bertz CT molecular complexity index is 1350. The van der Waals surface area contributed by atoms with Gasteiger partial charge in [0.15, 0.2) is 0 Å². The first kappa shape index (κ1) is 23.8. The maximum absolute atomic E-state index is 13.1. The van der Waals surface area contributed by atoms with E-state index in [-0.39, 0.29) is 11.4 Å². The molecule has 0 unspecified atom stereocenters. The van der Waals surface area contributed by atoms with Crippen molar-refractivity contribution in [3.05, 3.63) is 89.6 Å². The van der Waals surface area contributed by atoms with Crippen molar-refractivity contribution in [3.8, 4) is 5.69 Å². The van der Waals surface area contributed by atoms with Crippen molar-refractivity contribution in [2.45, 2.75) is 33.1 Å². The molecule has 0 saturated carbocycles. The number of hydrogen-bond donors (Lipinski definition) is 2. The highest BCUT2D eigenvalue weighted by Gasteiger charge is 2.21. The monoisotopic (exact) mass is 516 g/mol. The average Bonchev–Trinajstić information content (AvgIpc) is 3.23. The van der Waals surface area contributed by atoms with Crippen LogP contribution in [0.15, 0.2) is 72.8 Å². The van der Waals surface area contributed by atoms with E-state index < -0.39 is 0 Å². The number of rotatable bonds is 5. The molecule has 0 fully saturated rings. The second-order valence-electron chi connectivity index (χ2n) is 9.30. The molecule has 0 aliphatic heterocycles. The Morgan fingerprint density at radius 1 is 1.00 bits per heavy atom. The Morgan fingerprint density at radius 3 is 2.38 bits per heavy atom. The molecule has 0 aliphatic carbocycles. The predicted molar refractivity (Wildman–Crippen MR) is 146 cm³/mol. The predicted octanol–water partition coefficient (Wildman–Crippen LogP) is 7.68. The maximum Gasteiger partial charge on any atom is 0.324 e. The van der Waals surface area contributed by atoms with E-state index in [0.717, 1.165) is 38.7 Å². The zero-order chi connectivity index (χ0) is 24.3. The molecule has 0 saturated heterocycles. The number of nitrogens with zero attached hydrogens (tertiary/aromatic N) is 2. The average molecular weight is 517 g/mol. The molecule has 0 aliphatic rings. The van der Waals surface area contributed by atoms with E-state index in [0.29, 0.717) is 5.82 Å². The van der Waals surface area contributed by atoms with Gasteiger partial charge in [-0.15, -0.1) is 0 Å². The minimum atomic E-state index is -0.317. The van der Waals surface area contributed by atoms with E-state index >= 15 is 0 Å². The lowest BCUT2D eigenvalue weighted by Crippen LogP contribution is -2.21. The van der Waals surface area contributed by atoms with Crippen molar-refractivity contribution in [1.29, 1.82) is 0 Å². The summed E-state index contributed by atoms with van der Waals surface area (Å²) in [7, 11) is 0. The van der Waals surface area contributed by atoms with Crippen LogP contribution in [0.25, 0.3) is 22.5 Å². The lowest BCUT2D eigenvalue weighted by atomic mass is 9.92. The van der Waals surface area contributed by atoms with Gasteiger partial charge in [0.25, 0.3) is 0 Å². The van der Waals surface area contributed by atoms with Crippen LogP contribution in [0.1, 0.15) is 37.6 Å². The largest absolute Gasteiger partial charge is 0.324 e. The number of halogens is 1. The highest BCUT2D eigenvalue weighted by Crippen LogP contribution is 2.29. The zero-order valence-corrected chi connectivity index (χ0v) is 21.5. The number of hydrogen-bond acceptors (Lipinski definition) is 2. The number of aryl methyl sites for hydroxylation is 1. The minimum absolute atomic E-state index is 0.155. The Kier molecular flexibility index (Phi) is 6.89. The summed E-state index contributed by atoms with van der Waals surface area (Å²) in [5, 5.41) is 13.7. The quantitative estimate of drug-likeness (QED) is 0.267. The smallest absolute Gasteiger partial charge is 0.307 e. The SMILES string of the molecule is Cc1ccc(-n2nc(C(C)(C)C)cc2NC(=O)Nc2ccc(C=CCBr)c3ccccc23)cc1.